The van der Waals surface area contributed by atoms with Gasteiger partial charge in [-0.1, -0.05) is 43.6 Å². The molecule has 1 atom stereocenters. The summed E-state index contributed by atoms with van der Waals surface area (Å²) in [5.74, 6) is 1.03. The van der Waals surface area contributed by atoms with Gasteiger partial charge in [0.05, 0.1) is 0 Å². The first-order chi connectivity index (χ1) is 6.82. The van der Waals surface area contributed by atoms with Crippen LogP contribution in [0.15, 0.2) is 0 Å². The zero-order valence-corrected chi connectivity index (χ0v) is 11.8. The summed E-state index contributed by atoms with van der Waals surface area (Å²) in [7, 11) is 0. The Labute approximate surface area is 102 Å². The van der Waals surface area contributed by atoms with Gasteiger partial charge < -0.3 is 4.90 Å². The van der Waals surface area contributed by atoms with E-state index < -0.39 is 0 Å². The Morgan fingerprint density at radius 1 is 1.33 bits per heavy atom. The third-order valence-electron chi connectivity index (χ3n) is 3.12. The molecule has 0 aromatic heterocycles. The van der Waals surface area contributed by atoms with Crippen LogP contribution in [0, 0.1) is 11.3 Å². The summed E-state index contributed by atoms with van der Waals surface area (Å²) >= 11 is 3.63. The average molecular weight is 276 g/mol. The number of nitrogens with zero attached hydrogens (tertiary/aromatic N) is 1. The van der Waals surface area contributed by atoms with Gasteiger partial charge in [-0.25, -0.2) is 0 Å². The minimum absolute atomic E-state index is 0.229. The lowest BCUT2D eigenvalue weighted by atomic mass is 9.90. The Bertz CT molecular complexity index is 224. The molecule has 1 aliphatic rings. The van der Waals surface area contributed by atoms with E-state index >= 15 is 0 Å². The smallest absolute Gasteiger partial charge is 0.227 e. The number of alkyl halides is 1. The highest BCUT2D eigenvalue weighted by molar-refractivity contribution is 9.09. The van der Waals surface area contributed by atoms with Crippen LogP contribution in [0.3, 0.4) is 0 Å². The highest BCUT2D eigenvalue weighted by atomic mass is 79.9. The van der Waals surface area contributed by atoms with Crippen LogP contribution in [0.4, 0.5) is 0 Å². The lowest BCUT2D eigenvalue weighted by Crippen LogP contribution is -2.45. The molecule has 0 aromatic carbocycles. The molecule has 0 saturated carbocycles. The summed E-state index contributed by atoms with van der Waals surface area (Å²) in [6, 6.07) is 0. The van der Waals surface area contributed by atoms with Gasteiger partial charge in [0.2, 0.25) is 5.91 Å². The van der Waals surface area contributed by atoms with Gasteiger partial charge >= 0.3 is 0 Å². The fourth-order valence-corrected chi connectivity index (χ4v) is 2.56. The van der Waals surface area contributed by atoms with Crippen LogP contribution < -0.4 is 0 Å². The Morgan fingerprint density at radius 2 is 1.80 bits per heavy atom. The lowest BCUT2D eigenvalue weighted by Gasteiger charge is -2.36. The van der Waals surface area contributed by atoms with Crippen LogP contribution in [0.1, 0.15) is 40.5 Å². The van der Waals surface area contributed by atoms with Crippen LogP contribution in [0.2, 0.25) is 0 Å². The number of amides is 1. The second kappa shape index (κ2) is 4.86. The highest BCUT2D eigenvalue weighted by Crippen LogP contribution is 2.27. The molecule has 3 heteroatoms. The van der Waals surface area contributed by atoms with Crippen molar-refractivity contribution in [2.24, 2.45) is 11.3 Å². The maximum absolute atomic E-state index is 12.0. The molecule has 1 heterocycles. The van der Waals surface area contributed by atoms with E-state index in [1.165, 1.54) is 0 Å². The van der Waals surface area contributed by atoms with Crippen LogP contribution in [-0.4, -0.2) is 28.7 Å². The Hall–Kier alpha value is -0.0500. The van der Waals surface area contributed by atoms with Crippen molar-refractivity contribution in [3.8, 4) is 0 Å². The van der Waals surface area contributed by atoms with Gasteiger partial charge in [-0.15, -0.1) is 0 Å². The maximum Gasteiger partial charge on any atom is 0.227 e. The standard InChI is InChI=1S/C12H22BrNO/c1-9(13)10-5-7-14(8-6-10)11(15)12(2,3)4/h9-10H,5-8H2,1-4H3. The molecule has 0 aromatic rings. The van der Waals surface area contributed by atoms with E-state index in [9.17, 15) is 4.79 Å². The van der Waals surface area contributed by atoms with Crippen molar-refractivity contribution in [1.29, 1.82) is 0 Å². The summed E-state index contributed by atoms with van der Waals surface area (Å²) < 4.78 is 0. The van der Waals surface area contributed by atoms with Crippen molar-refractivity contribution in [2.45, 2.75) is 45.4 Å². The van der Waals surface area contributed by atoms with Gasteiger partial charge in [-0.3, -0.25) is 4.79 Å². The normalized spacial score (nSPS) is 21.5. The monoisotopic (exact) mass is 275 g/mol. The zero-order chi connectivity index (χ0) is 11.6. The number of likely N-dealkylation sites (tertiary alicyclic amines) is 1. The predicted molar refractivity (Wildman–Crippen MR) is 67.1 cm³/mol. The first kappa shape index (κ1) is 13.0. The van der Waals surface area contributed by atoms with Crippen molar-refractivity contribution in [3.05, 3.63) is 0 Å². The fourth-order valence-electron chi connectivity index (χ4n) is 2.04. The van der Waals surface area contributed by atoms with Crippen molar-refractivity contribution in [2.75, 3.05) is 13.1 Å². The summed E-state index contributed by atoms with van der Waals surface area (Å²) in [6.45, 7) is 10.0. The van der Waals surface area contributed by atoms with E-state index in [1.807, 2.05) is 25.7 Å². The molecule has 0 spiro atoms. The molecule has 15 heavy (non-hydrogen) atoms. The maximum atomic E-state index is 12.0. The van der Waals surface area contributed by atoms with Crippen molar-refractivity contribution < 1.29 is 4.79 Å². The Balaban J connectivity index is 2.48. The van der Waals surface area contributed by atoms with Gasteiger partial charge in [0.25, 0.3) is 0 Å². The molecule has 0 radical (unpaired) electrons. The summed E-state index contributed by atoms with van der Waals surface area (Å²) in [4.78, 5) is 14.6. The van der Waals surface area contributed by atoms with Gasteiger partial charge in [-0.05, 0) is 18.8 Å². The number of halogens is 1. The molecule has 0 aliphatic carbocycles. The Morgan fingerprint density at radius 3 is 2.13 bits per heavy atom. The molecule has 1 fully saturated rings. The number of carbonyl (C=O) groups excluding carboxylic acids is 1. The van der Waals surface area contributed by atoms with Crippen molar-refractivity contribution in [1.82, 2.24) is 4.90 Å². The van der Waals surface area contributed by atoms with Gasteiger partial charge in [0, 0.05) is 23.3 Å². The van der Waals surface area contributed by atoms with Gasteiger partial charge in [-0.2, -0.15) is 0 Å². The topological polar surface area (TPSA) is 20.3 Å². The third kappa shape index (κ3) is 3.47. The first-order valence-electron chi connectivity index (χ1n) is 5.76. The Kier molecular flexibility index (Phi) is 4.21. The van der Waals surface area contributed by atoms with E-state index in [1.54, 1.807) is 0 Å². The molecular formula is C12H22BrNO. The molecule has 0 bridgehead atoms. The molecule has 88 valence electrons. The molecule has 2 nitrogen and oxygen atoms in total. The molecule has 0 N–H and O–H groups in total. The molecule has 1 rings (SSSR count). The first-order valence-corrected chi connectivity index (χ1v) is 6.67. The van der Waals surface area contributed by atoms with Crippen LogP contribution in [0.25, 0.3) is 0 Å². The number of rotatable bonds is 1. The second-order valence-corrected chi connectivity index (χ2v) is 7.00. The lowest BCUT2D eigenvalue weighted by molar-refractivity contribution is -0.140. The zero-order valence-electron chi connectivity index (χ0n) is 10.2. The van der Waals surface area contributed by atoms with E-state index in [0.29, 0.717) is 10.7 Å². The number of piperidine rings is 1. The molecular weight excluding hydrogens is 254 g/mol. The van der Waals surface area contributed by atoms with Crippen LogP contribution in [0.5, 0.6) is 0 Å². The number of carbonyl (C=O) groups is 1. The van der Waals surface area contributed by atoms with Gasteiger partial charge in [0.1, 0.15) is 0 Å². The van der Waals surface area contributed by atoms with E-state index in [2.05, 4.69) is 22.9 Å². The quantitative estimate of drug-likeness (QED) is 0.674. The second-order valence-electron chi connectivity index (χ2n) is 5.56. The summed E-state index contributed by atoms with van der Waals surface area (Å²) in [5, 5.41) is 0. The third-order valence-corrected chi connectivity index (χ3v) is 3.87. The van der Waals surface area contributed by atoms with Crippen LogP contribution in [-0.2, 0) is 4.79 Å². The predicted octanol–water partition coefficient (Wildman–Crippen LogP) is 3.05. The summed E-state index contributed by atoms with van der Waals surface area (Å²) in [6.07, 6.45) is 2.27. The molecule has 1 saturated heterocycles. The number of hydrogen-bond acceptors (Lipinski definition) is 1. The van der Waals surface area contributed by atoms with E-state index in [-0.39, 0.29) is 5.41 Å². The average Bonchev–Trinajstić information content (AvgIpc) is 2.15. The largest absolute Gasteiger partial charge is 0.342 e. The fraction of sp³-hybridized carbons (Fsp3) is 0.917. The van der Waals surface area contributed by atoms with E-state index in [0.717, 1.165) is 31.8 Å². The molecule has 1 amide bonds. The van der Waals surface area contributed by atoms with Crippen molar-refractivity contribution >= 4 is 21.8 Å². The molecule has 1 aliphatic heterocycles. The van der Waals surface area contributed by atoms with Crippen molar-refractivity contribution in [3.63, 3.8) is 0 Å². The molecule has 1 unspecified atom stereocenters. The summed E-state index contributed by atoms with van der Waals surface area (Å²) in [5.41, 5.74) is -0.229. The minimum atomic E-state index is -0.229. The highest BCUT2D eigenvalue weighted by Gasteiger charge is 2.31. The van der Waals surface area contributed by atoms with Crippen LogP contribution >= 0.6 is 15.9 Å². The number of hydrogen-bond donors (Lipinski definition) is 0. The van der Waals surface area contributed by atoms with E-state index in [4.69, 9.17) is 0 Å². The SMILES string of the molecule is CC(Br)C1CCN(C(=O)C(C)(C)C)CC1. The minimum Gasteiger partial charge on any atom is -0.342 e. The van der Waals surface area contributed by atoms with Gasteiger partial charge in [0.15, 0.2) is 0 Å².